The van der Waals surface area contributed by atoms with Crippen LogP contribution in [-0.2, 0) is 37.3 Å². The second kappa shape index (κ2) is 53.5. The van der Waals surface area contributed by atoms with Gasteiger partial charge in [-0.1, -0.05) is 163 Å². The minimum atomic E-state index is -1.06. The summed E-state index contributed by atoms with van der Waals surface area (Å²) < 4.78 is 43.5. The maximum atomic E-state index is 11.4. The van der Waals surface area contributed by atoms with Crippen molar-refractivity contribution in [3.8, 4) is 46.0 Å². The van der Waals surface area contributed by atoms with Crippen molar-refractivity contribution in [2.45, 2.75) is 119 Å². The van der Waals surface area contributed by atoms with Crippen LogP contribution in [0.15, 0.2) is 189 Å². The van der Waals surface area contributed by atoms with Crippen molar-refractivity contribution >= 4 is 128 Å². The van der Waals surface area contributed by atoms with E-state index in [1.807, 2.05) is 166 Å². The molecule has 0 unspecified atom stereocenters. The number of carbonyl (C=O) groups is 1. The molecule has 103 heavy (non-hydrogen) atoms. The van der Waals surface area contributed by atoms with E-state index in [0.29, 0.717) is 45.9 Å². The molecule has 0 aliphatic rings. The van der Waals surface area contributed by atoms with E-state index >= 15 is 0 Å². The van der Waals surface area contributed by atoms with Crippen molar-refractivity contribution in [2.24, 2.45) is 23.6 Å². The highest BCUT2D eigenvalue weighted by Gasteiger charge is 2.22. The first-order valence-electron chi connectivity index (χ1n) is 31.8. The van der Waals surface area contributed by atoms with E-state index in [-0.39, 0.29) is 22.0 Å². The Labute approximate surface area is 634 Å². The van der Waals surface area contributed by atoms with Crippen molar-refractivity contribution in [1.82, 2.24) is 0 Å². The Hall–Kier alpha value is -7.30. The number of para-hydroxylation sites is 4. The number of carboxylic acid groups (broad SMARTS) is 1. The van der Waals surface area contributed by atoms with Gasteiger partial charge in [0.25, 0.3) is 0 Å². The third-order valence-corrected chi connectivity index (χ3v) is 16.8. The number of benzene rings is 8. The summed E-state index contributed by atoms with van der Waals surface area (Å²) >= 11 is 19.7. The van der Waals surface area contributed by atoms with Crippen molar-refractivity contribution in [1.29, 1.82) is 0 Å². The summed E-state index contributed by atoms with van der Waals surface area (Å²) in [5.41, 5.74) is 5.95. The van der Waals surface area contributed by atoms with Gasteiger partial charge in [-0.25, -0.2) is 4.79 Å². The number of ether oxygens (including phenoxy) is 4. The van der Waals surface area contributed by atoms with Crippen molar-refractivity contribution in [3.05, 3.63) is 192 Å². The van der Waals surface area contributed by atoms with E-state index in [2.05, 4.69) is 68.9 Å². The van der Waals surface area contributed by atoms with Crippen LogP contribution in [0.3, 0.4) is 0 Å². The predicted octanol–water partition coefficient (Wildman–Crippen LogP) is 17.5. The molecule has 0 saturated heterocycles. The Morgan fingerprint density at radius 1 is 0.359 bits per heavy atom. The average molecular weight is 1550 g/mol. The van der Waals surface area contributed by atoms with Gasteiger partial charge in [0.15, 0.2) is 23.0 Å². The fourth-order valence-corrected chi connectivity index (χ4v) is 11.0. The summed E-state index contributed by atoms with van der Waals surface area (Å²) in [5.74, 6) is 24.0. The zero-order chi connectivity index (χ0) is 72.3. The SMILES string of the molecule is CCCCNc1cc(C(=O)O)cc(SOON)c1Oc1ccccc1.CCCCNc1cc(C(C)=S)cc(SOON)c1Oc1ccccc1.CCCCNc1cc(C(C)=S)cc(SOON)c1Oc1ccccc1.CCCCNc1cc(C(C)=S)cc(SOON)c1Oc1ccccc1.O.O.O. The Kier molecular flexibility index (Phi) is 47.6. The predicted molar refractivity (Wildman–Crippen MR) is 424 cm³/mol. The van der Waals surface area contributed by atoms with Gasteiger partial charge in [-0.05, 0) is 160 Å². The zero-order valence-corrected chi connectivity index (χ0v) is 63.8. The molecule has 0 heterocycles. The second-order valence-corrected chi connectivity index (χ2v) is 26.0. The van der Waals surface area contributed by atoms with Crippen LogP contribution in [0.2, 0.25) is 0 Å². The smallest absolute Gasteiger partial charge is 0.335 e. The summed E-state index contributed by atoms with van der Waals surface area (Å²) in [6.07, 6.45) is 8.39. The largest absolute Gasteiger partial charge is 0.478 e. The van der Waals surface area contributed by atoms with Gasteiger partial charge in [-0.2, -0.15) is 23.6 Å². The number of rotatable bonds is 40. The molecular formula is C71H92N8O17S7. The zero-order valence-electron chi connectivity index (χ0n) is 58.1. The number of carboxylic acids is 1. The number of hydrogen-bond acceptors (Lipinski definition) is 28. The molecule has 8 rings (SSSR count). The number of nitrogens with one attached hydrogen (secondary N) is 4. The van der Waals surface area contributed by atoms with Crippen LogP contribution in [0.25, 0.3) is 0 Å². The summed E-state index contributed by atoms with van der Waals surface area (Å²) in [6.45, 7) is 17.3. The topological polar surface area (TPSA) is 395 Å². The first-order chi connectivity index (χ1) is 48.6. The molecule has 0 aliphatic carbocycles. The molecule has 560 valence electrons. The Balaban J connectivity index is 0.000000462. The monoisotopic (exact) mass is 1550 g/mol. The van der Waals surface area contributed by atoms with E-state index in [4.69, 9.17) is 96.5 Å². The van der Waals surface area contributed by atoms with Crippen LogP contribution >= 0.6 is 84.8 Å². The highest BCUT2D eigenvalue weighted by atomic mass is 32.2. The van der Waals surface area contributed by atoms with Gasteiger partial charge in [0.1, 0.15) is 23.0 Å². The molecule has 0 radical (unpaired) electrons. The highest BCUT2D eigenvalue weighted by Crippen LogP contribution is 2.45. The molecule has 0 spiro atoms. The lowest BCUT2D eigenvalue weighted by Crippen LogP contribution is -2.06. The van der Waals surface area contributed by atoms with E-state index in [0.717, 1.165) is 199 Å². The molecule has 0 aliphatic heterocycles. The Morgan fingerprint density at radius 2 is 0.563 bits per heavy atom. The van der Waals surface area contributed by atoms with Gasteiger partial charge >= 0.3 is 5.97 Å². The molecule has 19 N–H and O–H groups in total. The molecule has 0 bridgehead atoms. The van der Waals surface area contributed by atoms with Crippen LogP contribution in [0.5, 0.6) is 46.0 Å². The third-order valence-electron chi connectivity index (χ3n) is 13.6. The number of aromatic carboxylic acids is 1. The maximum absolute atomic E-state index is 11.4. The molecule has 32 heteroatoms. The Bertz CT molecular complexity index is 3280. The van der Waals surface area contributed by atoms with Gasteiger partial charge in [0.05, 0.1) is 96.1 Å². The summed E-state index contributed by atoms with van der Waals surface area (Å²) in [7, 11) is 0. The number of thiocarbonyl (C=S) groups is 3. The third kappa shape index (κ3) is 33.1. The van der Waals surface area contributed by atoms with E-state index in [1.165, 1.54) is 12.1 Å². The number of unbranched alkanes of at least 4 members (excludes halogenated alkanes) is 4. The Morgan fingerprint density at radius 3 is 0.748 bits per heavy atom. The van der Waals surface area contributed by atoms with Gasteiger partial charge < -0.3 is 61.7 Å². The summed E-state index contributed by atoms with van der Waals surface area (Å²) in [6, 6.07) is 52.5. The van der Waals surface area contributed by atoms with Gasteiger partial charge in [0.2, 0.25) is 0 Å². The molecule has 8 aromatic rings. The second-order valence-electron chi connectivity index (χ2n) is 21.2. The lowest BCUT2D eigenvalue weighted by Gasteiger charge is -2.17. The van der Waals surface area contributed by atoms with Crippen molar-refractivity contribution in [2.75, 3.05) is 47.4 Å². The lowest BCUT2D eigenvalue weighted by atomic mass is 10.1. The fourth-order valence-electron chi connectivity index (χ4n) is 8.59. The average Bonchev–Trinajstić information content (AvgIpc) is 0.835. The first-order valence-corrected chi connectivity index (χ1v) is 36.0. The number of anilines is 4. The van der Waals surface area contributed by atoms with E-state index in [1.54, 1.807) is 12.1 Å². The van der Waals surface area contributed by atoms with Gasteiger partial charge in [-0.3, -0.25) is 0 Å². The molecular weight excluding hydrogens is 1460 g/mol. The normalized spacial score (nSPS) is 10.2. The fraction of sp³-hybridized carbons (Fsp3) is 0.268. The highest BCUT2D eigenvalue weighted by molar-refractivity contribution is 7.95. The molecule has 0 fully saturated rings. The quantitative estimate of drug-likeness (QED) is 0.00430. The van der Waals surface area contributed by atoms with Crippen LogP contribution in [0.1, 0.15) is 127 Å². The van der Waals surface area contributed by atoms with Crippen LogP contribution in [0.4, 0.5) is 22.7 Å². The van der Waals surface area contributed by atoms with Crippen LogP contribution < -0.4 is 63.8 Å². The molecule has 8 aromatic carbocycles. The van der Waals surface area contributed by atoms with Crippen LogP contribution in [-0.4, -0.2) is 68.3 Å². The molecule has 0 saturated carbocycles. The maximum Gasteiger partial charge on any atom is 0.335 e. The van der Waals surface area contributed by atoms with Gasteiger partial charge in [-0.15, -0.1) is 37.3 Å². The standard InChI is InChI=1S/3C18H22N2O3S2.C17H20N2O5S.3H2O/c3*1-3-4-10-20-16-11-14(13(2)24)12-17(25-23-22-19)18(16)21-15-8-6-5-7-9-15;1-2-3-9-19-14-10-12(17(20)21)11-15(25-24-23-18)16(14)22-13-7-5-4-6-8-13;;;/h3*5-9,11-12,20H,3-4,10,19H2,1-2H3;4-8,10-11,19H,2-3,9,18H2,1H3,(H,20,21);3*1H2. The number of hydrogen-bond donors (Lipinski definition) is 9. The van der Waals surface area contributed by atoms with Crippen LogP contribution in [0, 0.1) is 0 Å². The minimum absolute atomic E-state index is 0. The number of nitrogens with two attached hydrogens (primary N) is 4. The van der Waals surface area contributed by atoms with E-state index < -0.39 is 5.97 Å². The van der Waals surface area contributed by atoms with E-state index in [9.17, 15) is 9.90 Å². The van der Waals surface area contributed by atoms with Crippen molar-refractivity contribution < 1.29 is 82.6 Å². The first kappa shape index (κ1) is 91.8. The minimum Gasteiger partial charge on any atom is -0.478 e. The molecule has 0 atom stereocenters. The lowest BCUT2D eigenvalue weighted by molar-refractivity contribution is -0.195. The van der Waals surface area contributed by atoms with Gasteiger partial charge in [0, 0.05) is 40.8 Å². The van der Waals surface area contributed by atoms with Crippen molar-refractivity contribution in [3.63, 3.8) is 0 Å². The molecule has 25 nitrogen and oxygen atoms in total. The molecule has 0 amide bonds. The summed E-state index contributed by atoms with van der Waals surface area (Å²) in [4.78, 5) is 33.2. The summed E-state index contributed by atoms with van der Waals surface area (Å²) in [5, 5.41) is 22.8. The molecule has 0 aromatic heterocycles.